The van der Waals surface area contributed by atoms with Crippen molar-refractivity contribution in [2.24, 2.45) is 0 Å². The Hall–Kier alpha value is -2.30. The molecule has 6 nitrogen and oxygen atoms in total. The minimum absolute atomic E-state index is 0.504. The summed E-state index contributed by atoms with van der Waals surface area (Å²) in [6.07, 6.45) is -2.33. The fraction of sp³-hybridized carbons (Fsp3) is 0.143. The van der Waals surface area contributed by atoms with Gasteiger partial charge in [0.15, 0.2) is 0 Å². The van der Waals surface area contributed by atoms with Gasteiger partial charge in [-0.15, -0.1) is 0 Å². The number of aromatic nitrogens is 1. The van der Waals surface area contributed by atoms with E-state index in [1.165, 1.54) is 6.07 Å². The normalized spacial score (nSPS) is 10.0. The maximum Gasteiger partial charge on any atom is 0.316 e. The predicted octanol–water partition coefficient (Wildman–Crippen LogP) is 1.38. The van der Waals surface area contributed by atoms with Crippen LogP contribution in [0.1, 0.15) is 17.7 Å². The van der Waals surface area contributed by atoms with E-state index in [0.29, 0.717) is 0 Å². The van der Waals surface area contributed by atoms with Crippen LogP contribution in [0.4, 0.5) is 20.2 Å². The highest BCUT2D eigenvalue weighted by molar-refractivity contribution is 5.61. The molecule has 0 radical (unpaired) electrons. The van der Waals surface area contributed by atoms with Crippen LogP contribution in [0.15, 0.2) is 6.20 Å². The van der Waals surface area contributed by atoms with Crippen LogP contribution in [-0.2, 0) is 0 Å². The highest BCUT2D eigenvalue weighted by Crippen LogP contribution is 2.34. The third-order valence-corrected chi connectivity index (χ3v) is 1.63. The Morgan fingerprint density at radius 1 is 1.67 bits per heavy atom. The lowest BCUT2D eigenvalue weighted by molar-refractivity contribution is -0.386. The van der Waals surface area contributed by atoms with Crippen molar-refractivity contribution in [3.05, 3.63) is 27.6 Å². The van der Waals surface area contributed by atoms with E-state index in [0.717, 1.165) is 6.20 Å². The Morgan fingerprint density at radius 2 is 2.27 bits per heavy atom. The molecule has 8 heteroatoms. The van der Waals surface area contributed by atoms with Crippen molar-refractivity contribution >= 4 is 11.4 Å². The van der Waals surface area contributed by atoms with Crippen molar-refractivity contribution in [2.75, 3.05) is 5.73 Å². The molecule has 1 rings (SSSR count). The van der Waals surface area contributed by atoms with Gasteiger partial charge in [-0.2, -0.15) is 5.26 Å². The van der Waals surface area contributed by atoms with E-state index in [-0.39, 0.29) is 0 Å². The SMILES string of the molecule is N#Cc1ncc(N)c(C(F)F)c1[N+](=O)[O-]. The summed E-state index contributed by atoms with van der Waals surface area (Å²) in [5, 5.41) is 18.9. The maximum absolute atomic E-state index is 12.4. The van der Waals surface area contributed by atoms with Crippen LogP contribution in [0.2, 0.25) is 0 Å². The Kier molecular flexibility index (Phi) is 2.75. The van der Waals surface area contributed by atoms with E-state index in [9.17, 15) is 18.9 Å². The van der Waals surface area contributed by atoms with Gasteiger partial charge in [-0.3, -0.25) is 10.1 Å². The standard InChI is InChI=1S/C7H4F2N4O2/c8-7(9)5-3(11)2-12-4(1-10)6(5)13(14)15/h2,7H,11H2. The Labute approximate surface area is 82.1 Å². The summed E-state index contributed by atoms with van der Waals surface area (Å²) in [4.78, 5) is 12.7. The summed E-state index contributed by atoms with van der Waals surface area (Å²) in [6.45, 7) is 0. The molecule has 2 N–H and O–H groups in total. The molecule has 0 aliphatic heterocycles. The molecule has 1 heterocycles. The molecule has 15 heavy (non-hydrogen) atoms. The minimum Gasteiger partial charge on any atom is -0.397 e. The largest absolute Gasteiger partial charge is 0.397 e. The number of hydrogen-bond acceptors (Lipinski definition) is 5. The average Bonchev–Trinajstić information content (AvgIpc) is 2.16. The number of nitrogens with zero attached hydrogens (tertiary/aromatic N) is 3. The molecular formula is C7H4F2N4O2. The number of nitriles is 1. The van der Waals surface area contributed by atoms with Crippen molar-refractivity contribution in [1.29, 1.82) is 5.26 Å². The number of halogens is 2. The first-order valence-electron chi connectivity index (χ1n) is 3.60. The monoisotopic (exact) mass is 214 g/mol. The summed E-state index contributed by atoms with van der Waals surface area (Å²) in [6, 6.07) is 1.36. The number of nitro groups is 1. The van der Waals surface area contributed by atoms with Crippen LogP contribution in [0, 0.1) is 21.4 Å². The van der Waals surface area contributed by atoms with E-state index in [2.05, 4.69) is 4.98 Å². The minimum atomic E-state index is -3.12. The first kappa shape index (κ1) is 10.8. The van der Waals surface area contributed by atoms with Crippen molar-refractivity contribution in [2.45, 2.75) is 6.43 Å². The number of rotatable bonds is 2. The van der Waals surface area contributed by atoms with E-state index < -0.39 is 34.0 Å². The van der Waals surface area contributed by atoms with Crippen molar-refractivity contribution < 1.29 is 13.7 Å². The molecule has 0 saturated heterocycles. The lowest BCUT2D eigenvalue weighted by atomic mass is 10.1. The van der Waals surface area contributed by atoms with Crippen LogP contribution >= 0.6 is 0 Å². The number of nitrogens with two attached hydrogens (primary N) is 1. The van der Waals surface area contributed by atoms with Crippen molar-refractivity contribution in [3.8, 4) is 6.07 Å². The van der Waals surface area contributed by atoms with Crippen LogP contribution in [0.25, 0.3) is 0 Å². The van der Waals surface area contributed by atoms with Gasteiger partial charge in [0.1, 0.15) is 11.6 Å². The molecule has 0 bridgehead atoms. The maximum atomic E-state index is 12.4. The van der Waals surface area contributed by atoms with E-state index in [1.807, 2.05) is 0 Å². The van der Waals surface area contributed by atoms with Gasteiger partial charge in [-0.1, -0.05) is 0 Å². The third-order valence-electron chi connectivity index (χ3n) is 1.63. The number of alkyl halides is 2. The Morgan fingerprint density at radius 3 is 2.67 bits per heavy atom. The molecule has 0 fully saturated rings. The molecule has 0 aliphatic carbocycles. The van der Waals surface area contributed by atoms with Gasteiger partial charge >= 0.3 is 5.69 Å². The molecule has 1 aromatic rings. The average molecular weight is 214 g/mol. The quantitative estimate of drug-likeness (QED) is 0.591. The zero-order chi connectivity index (χ0) is 11.6. The lowest BCUT2D eigenvalue weighted by Crippen LogP contribution is -2.05. The summed E-state index contributed by atoms with van der Waals surface area (Å²) in [7, 11) is 0. The van der Waals surface area contributed by atoms with Gasteiger partial charge in [-0.05, 0) is 0 Å². The number of nitrogen functional groups attached to an aromatic ring is 1. The van der Waals surface area contributed by atoms with Crippen LogP contribution in [0.3, 0.4) is 0 Å². The molecule has 0 saturated carbocycles. The molecule has 0 aliphatic rings. The zero-order valence-corrected chi connectivity index (χ0v) is 7.15. The lowest BCUT2D eigenvalue weighted by Gasteiger charge is -2.05. The predicted molar refractivity (Wildman–Crippen MR) is 45.0 cm³/mol. The second-order valence-corrected chi connectivity index (χ2v) is 2.49. The topological polar surface area (TPSA) is 106 Å². The summed E-state index contributed by atoms with van der Waals surface area (Å²) >= 11 is 0. The second-order valence-electron chi connectivity index (χ2n) is 2.49. The van der Waals surface area contributed by atoms with Gasteiger partial charge in [0.05, 0.1) is 16.8 Å². The van der Waals surface area contributed by atoms with Gasteiger partial charge in [0, 0.05) is 0 Å². The third kappa shape index (κ3) is 1.80. The van der Waals surface area contributed by atoms with Gasteiger partial charge in [-0.25, -0.2) is 13.8 Å². The molecular weight excluding hydrogens is 210 g/mol. The van der Waals surface area contributed by atoms with Crippen molar-refractivity contribution in [3.63, 3.8) is 0 Å². The smallest absolute Gasteiger partial charge is 0.316 e. The Balaban J connectivity index is 3.60. The van der Waals surface area contributed by atoms with Crippen LogP contribution in [-0.4, -0.2) is 9.91 Å². The molecule has 1 aromatic heterocycles. The fourth-order valence-electron chi connectivity index (χ4n) is 1.03. The van der Waals surface area contributed by atoms with E-state index in [1.54, 1.807) is 0 Å². The second kappa shape index (κ2) is 3.83. The molecule has 0 spiro atoms. The van der Waals surface area contributed by atoms with Crippen molar-refractivity contribution in [1.82, 2.24) is 4.98 Å². The molecule has 78 valence electrons. The molecule has 0 atom stereocenters. The van der Waals surface area contributed by atoms with Gasteiger partial charge in [0.25, 0.3) is 6.43 Å². The fourth-order valence-corrected chi connectivity index (χ4v) is 1.03. The summed E-state index contributed by atoms with van der Waals surface area (Å²) < 4.78 is 24.9. The first-order valence-corrected chi connectivity index (χ1v) is 3.60. The molecule has 0 amide bonds. The highest BCUT2D eigenvalue weighted by atomic mass is 19.3. The van der Waals surface area contributed by atoms with E-state index in [4.69, 9.17) is 11.0 Å². The van der Waals surface area contributed by atoms with Crippen LogP contribution in [0.5, 0.6) is 0 Å². The van der Waals surface area contributed by atoms with E-state index >= 15 is 0 Å². The van der Waals surface area contributed by atoms with Crippen LogP contribution < -0.4 is 5.73 Å². The number of hydrogen-bond donors (Lipinski definition) is 1. The summed E-state index contributed by atoms with van der Waals surface area (Å²) in [5.41, 5.74) is 1.95. The zero-order valence-electron chi connectivity index (χ0n) is 7.15. The Bertz CT molecular complexity index is 455. The summed E-state index contributed by atoms with van der Waals surface area (Å²) in [5.74, 6) is 0. The number of anilines is 1. The van der Waals surface area contributed by atoms with Gasteiger partial charge in [0.2, 0.25) is 5.69 Å². The number of pyridine rings is 1. The highest BCUT2D eigenvalue weighted by Gasteiger charge is 2.29. The molecule has 0 unspecified atom stereocenters. The first-order chi connectivity index (χ1) is 6.99. The molecule has 0 aromatic carbocycles. The van der Waals surface area contributed by atoms with Gasteiger partial charge < -0.3 is 5.73 Å².